The lowest BCUT2D eigenvalue weighted by Gasteiger charge is -2.34. The summed E-state index contributed by atoms with van der Waals surface area (Å²) in [4.78, 5) is 32.3. The van der Waals surface area contributed by atoms with Gasteiger partial charge in [0.2, 0.25) is 17.6 Å². The number of piperazine rings is 1. The number of aromatic nitrogens is 2. The fourth-order valence-electron chi connectivity index (χ4n) is 3.28. The van der Waals surface area contributed by atoms with Gasteiger partial charge in [-0.15, -0.1) is 0 Å². The molecule has 1 N–H and O–H groups in total. The van der Waals surface area contributed by atoms with Crippen LogP contribution in [-0.4, -0.2) is 64.6 Å². The normalized spacial score (nSPS) is 14.3. The number of urea groups is 1. The molecule has 156 valence electrons. The van der Waals surface area contributed by atoms with E-state index in [1.54, 1.807) is 9.80 Å². The molecule has 2 heterocycles. The Labute approximate surface area is 171 Å². The molecule has 8 heteroatoms. The van der Waals surface area contributed by atoms with Crippen molar-refractivity contribution in [1.82, 2.24) is 25.3 Å². The third-order valence-corrected chi connectivity index (χ3v) is 5.10. The number of benzene rings is 1. The van der Waals surface area contributed by atoms with Gasteiger partial charge in [-0.1, -0.05) is 43.3 Å². The van der Waals surface area contributed by atoms with Gasteiger partial charge in [0.05, 0.1) is 0 Å². The molecule has 0 bridgehead atoms. The van der Waals surface area contributed by atoms with Crippen LogP contribution in [0.3, 0.4) is 0 Å². The molecule has 1 saturated heterocycles. The van der Waals surface area contributed by atoms with Crippen molar-refractivity contribution in [3.8, 4) is 11.4 Å². The van der Waals surface area contributed by atoms with Gasteiger partial charge in [0.15, 0.2) is 0 Å². The van der Waals surface area contributed by atoms with Gasteiger partial charge >= 0.3 is 6.03 Å². The van der Waals surface area contributed by atoms with Gasteiger partial charge in [0, 0.05) is 51.1 Å². The molecule has 0 saturated carbocycles. The van der Waals surface area contributed by atoms with Crippen LogP contribution in [0.2, 0.25) is 0 Å². The van der Waals surface area contributed by atoms with E-state index in [1.165, 1.54) is 5.56 Å². The van der Waals surface area contributed by atoms with Crippen molar-refractivity contribution in [2.45, 2.75) is 39.5 Å². The van der Waals surface area contributed by atoms with E-state index in [0.29, 0.717) is 63.2 Å². The zero-order valence-corrected chi connectivity index (χ0v) is 17.4. The number of hydrogen-bond acceptors (Lipinski definition) is 5. The summed E-state index contributed by atoms with van der Waals surface area (Å²) in [5.74, 6) is 1.51. The molecule has 29 heavy (non-hydrogen) atoms. The molecule has 1 fully saturated rings. The summed E-state index contributed by atoms with van der Waals surface area (Å²) >= 11 is 0. The molecule has 0 unspecified atom stereocenters. The Morgan fingerprint density at radius 1 is 1.10 bits per heavy atom. The van der Waals surface area contributed by atoms with Crippen molar-refractivity contribution in [1.29, 1.82) is 0 Å². The molecule has 3 rings (SSSR count). The zero-order valence-electron chi connectivity index (χ0n) is 17.4. The Hall–Kier alpha value is -2.90. The minimum absolute atomic E-state index is 0.0431. The first-order valence-electron chi connectivity index (χ1n) is 10.2. The summed E-state index contributed by atoms with van der Waals surface area (Å²) in [6.07, 6.45) is 0.724. The SMILES string of the molecule is CCNC(=O)N1CCN(C(=O)CCc2nc(-c3ccc(C(C)C)cc3)no2)CC1. The maximum absolute atomic E-state index is 12.5. The predicted octanol–water partition coefficient (Wildman–Crippen LogP) is 2.67. The average Bonchev–Trinajstić information content (AvgIpc) is 3.21. The van der Waals surface area contributed by atoms with Crippen LogP contribution in [0.25, 0.3) is 11.4 Å². The highest BCUT2D eigenvalue weighted by Gasteiger charge is 2.24. The number of amides is 3. The van der Waals surface area contributed by atoms with Gasteiger partial charge in [0.1, 0.15) is 0 Å². The number of rotatable bonds is 6. The largest absolute Gasteiger partial charge is 0.339 e. The fraction of sp³-hybridized carbons (Fsp3) is 0.524. The number of carbonyl (C=O) groups is 2. The van der Waals surface area contributed by atoms with Gasteiger partial charge in [-0.25, -0.2) is 4.79 Å². The van der Waals surface area contributed by atoms with E-state index in [-0.39, 0.29) is 11.9 Å². The quantitative estimate of drug-likeness (QED) is 0.806. The molecule has 0 atom stereocenters. The number of nitrogens with one attached hydrogen (secondary N) is 1. The Kier molecular flexibility index (Phi) is 6.85. The predicted molar refractivity (Wildman–Crippen MR) is 109 cm³/mol. The summed E-state index contributed by atoms with van der Waals surface area (Å²) in [5, 5.41) is 6.82. The first-order chi connectivity index (χ1) is 14.0. The van der Waals surface area contributed by atoms with Crippen LogP contribution in [0.5, 0.6) is 0 Å². The molecule has 1 aromatic heterocycles. The second-order valence-corrected chi connectivity index (χ2v) is 7.49. The summed E-state index contributed by atoms with van der Waals surface area (Å²) in [5.41, 5.74) is 2.16. The van der Waals surface area contributed by atoms with Crippen molar-refractivity contribution in [2.75, 3.05) is 32.7 Å². The topological polar surface area (TPSA) is 91.6 Å². The van der Waals surface area contributed by atoms with Crippen LogP contribution in [0.1, 0.15) is 44.6 Å². The molecule has 2 aromatic rings. The highest BCUT2D eigenvalue weighted by atomic mass is 16.5. The van der Waals surface area contributed by atoms with E-state index in [0.717, 1.165) is 5.56 Å². The Balaban J connectivity index is 1.48. The first-order valence-corrected chi connectivity index (χ1v) is 10.2. The van der Waals surface area contributed by atoms with E-state index in [4.69, 9.17) is 4.52 Å². The molecule has 0 spiro atoms. The lowest BCUT2D eigenvalue weighted by Crippen LogP contribution is -2.53. The second kappa shape index (κ2) is 9.54. The number of nitrogens with zero attached hydrogens (tertiary/aromatic N) is 4. The lowest BCUT2D eigenvalue weighted by molar-refractivity contribution is -0.132. The summed E-state index contributed by atoms with van der Waals surface area (Å²) in [6.45, 7) is 8.99. The van der Waals surface area contributed by atoms with Gasteiger partial charge in [0.25, 0.3) is 0 Å². The molecular formula is C21H29N5O3. The molecule has 8 nitrogen and oxygen atoms in total. The molecular weight excluding hydrogens is 370 g/mol. The highest BCUT2D eigenvalue weighted by Crippen LogP contribution is 2.21. The van der Waals surface area contributed by atoms with Crippen molar-refractivity contribution in [3.05, 3.63) is 35.7 Å². The monoisotopic (exact) mass is 399 g/mol. The maximum Gasteiger partial charge on any atom is 0.317 e. The molecule has 1 aliphatic heterocycles. The number of carbonyl (C=O) groups excluding carboxylic acids is 2. The smallest absolute Gasteiger partial charge is 0.317 e. The third-order valence-electron chi connectivity index (χ3n) is 5.10. The summed E-state index contributed by atoms with van der Waals surface area (Å²) < 4.78 is 5.32. The van der Waals surface area contributed by atoms with E-state index in [9.17, 15) is 9.59 Å². The lowest BCUT2D eigenvalue weighted by atomic mass is 10.0. The van der Waals surface area contributed by atoms with Gasteiger partial charge in [-0.05, 0) is 18.4 Å². The Morgan fingerprint density at radius 3 is 2.38 bits per heavy atom. The van der Waals surface area contributed by atoms with Crippen LogP contribution in [0, 0.1) is 0 Å². The first kappa shape index (κ1) is 20.8. The van der Waals surface area contributed by atoms with Crippen LogP contribution < -0.4 is 5.32 Å². The van der Waals surface area contributed by atoms with Crippen molar-refractivity contribution < 1.29 is 14.1 Å². The van der Waals surface area contributed by atoms with Crippen LogP contribution >= 0.6 is 0 Å². The molecule has 0 radical (unpaired) electrons. The average molecular weight is 399 g/mol. The Morgan fingerprint density at radius 2 is 1.76 bits per heavy atom. The minimum Gasteiger partial charge on any atom is -0.339 e. The van der Waals surface area contributed by atoms with Crippen molar-refractivity contribution in [3.63, 3.8) is 0 Å². The second-order valence-electron chi connectivity index (χ2n) is 7.49. The van der Waals surface area contributed by atoms with E-state index >= 15 is 0 Å². The standard InChI is InChI=1S/C21H29N5O3/c1-4-22-21(28)26-13-11-25(12-14-26)19(27)10-9-18-23-20(24-29-18)17-7-5-16(6-8-17)15(2)3/h5-8,15H,4,9-14H2,1-3H3,(H,22,28). The fourth-order valence-corrected chi connectivity index (χ4v) is 3.28. The number of hydrogen-bond donors (Lipinski definition) is 1. The van der Waals surface area contributed by atoms with E-state index in [2.05, 4.69) is 41.4 Å². The molecule has 1 aromatic carbocycles. The van der Waals surface area contributed by atoms with Crippen molar-refractivity contribution in [2.24, 2.45) is 0 Å². The molecule has 1 aliphatic rings. The van der Waals surface area contributed by atoms with E-state index < -0.39 is 0 Å². The van der Waals surface area contributed by atoms with Gasteiger partial charge < -0.3 is 19.6 Å². The minimum atomic E-state index is -0.0700. The molecule has 0 aliphatic carbocycles. The highest BCUT2D eigenvalue weighted by molar-refractivity contribution is 5.77. The van der Waals surface area contributed by atoms with Crippen LogP contribution in [0.15, 0.2) is 28.8 Å². The van der Waals surface area contributed by atoms with Crippen LogP contribution in [-0.2, 0) is 11.2 Å². The number of aryl methyl sites for hydroxylation is 1. The maximum atomic E-state index is 12.5. The van der Waals surface area contributed by atoms with E-state index in [1.807, 2.05) is 19.1 Å². The van der Waals surface area contributed by atoms with Crippen molar-refractivity contribution >= 4 is 11.9 Å². The van der Waals surface area contributed by atoms with Gasteiger partial charge in [-0.3, -0.25) is 4.79 Å². The summed E-state index contributed by atoms with van der Waals surface area (Å²) in [7, 11) is 0. The van der Waals surface area contributed by atoms with Gasteiger partial charge in [-0.2, -0.15) is 4.98 Å². The zero-order chi connectivity index (χ0) is 20.8. The summed E-state index contributed by atoms with van der Waals surface area (Å²) in [6, 6.07) is 8.05. The Bertz CT molecular complexity index is 823. The third kappa shape index (κ3) is 5.34. The van der Waals surface area contributed by atoms with Crippen LogP contribution in [0.4, 0.5) is 4.79 Å². The molecule has 3 amide bonds.